The molecular formula is C18H26ClN3O3. The van der Waals surface area contributed by atoms with Gasteiger partial charge in [-0.25, -0.2) is 0 Å². The molecule has 1 aliphatic rings. The van der Waals surface area contributed by atoms with E-state index in [-0.39, 0.29) is 18.4 Å². The fraction of sp³-hybridized carbons (Fsp3) is 0.556. The van der Waals surface area contributed by atoms with Crippen molar-refractivity contribution in [3.63, 3.8) is 0 Å². The third-order valence-corrected chi connectivity index (χ3v) is 4.48. The van der Waals surface area contributed by atoms with Gasteiger partial charge in [0.15, 0.2) is 0 Å². The van der Waals surface area contributed by atoms with E-state index in [1.165, 1.54) is 0 Å². The van der Waals surface area contributed by atoms with Gasteiger partial charge in [0, 0.05) is 37.6 Å². The second-order valence-electron chi connectivity index (χ2n) is 6.03. The number of benzene rings is 1. The number of morpholine rings is 1. The van der Waals surface area contributed by atoms with Crippen LogP contribution in [-0.2, 0) is 20.7 Å². The van der Waals surface area contributed by atoms with Crippen LogP contribution in [0.2, 0.25) is 5.02 Å². The molecule has 138 valence electrons. The Morgan fingerprint density at radius 1 is 1.12 bits per heavy atom. The zero-order valence-corrected chi connectivity index (χ0v) is 15.2. The van der Waals surface area contributed by atoms with Gasteiger partial charge in [0.05, 0.1) is 19.8 Å². The van der Waals surface area contributed by atoms with Crippen molar-refractivity contribution >= 4 is 23.4 Å². The standard InChI is InChI=1S/C18H26ClN3O3/c19-16-6-2-1-4-15(16)5-3-7-17(23)21-14-18(24)20-8-9-22-10-12-25-13-11-22/h1-2,4,6H,3,5,7-14H2,(H,20,24)(H,21,23). The number of amides is 2. The van der Waals surface area contributed by atoms with E-state index < -0.39 is 0 Å². The molecule has 25 heavy (non-hydrogen) atoms. The van der Waals surface area contributed by atoms with Crippen molar-refractivity contribution in [3.05, 3.63) is 34.9 Å². The lowest BCUT2D eigenvalue weighted by molar-refractivity contribution is -0.126. The van der Waals surface area contributed by atoms with Crippen LogP contribution in [0.15, 0.2) is 24.3 Å². The van der Waals surface area contributed by atoms with E-state index >= 15 is 0 Å². The molecule has 1 aromatic rings. The first-order chi connectivity index (χ1) is 12.1. The second-order valence-corrected chi connectivity index (χ2v) is 6.43. The summed E-state index contributed by atoms with van der Waals surface area (Å²) < 4.78 is 5.28. The van der Waals surface area contributed by atoms with Gasteiger partial charge in [-0.1, -0.05) is 29.8 Å². The fourth-order valence-corrected chi connectivity index (χ4v) is 2.88. The van der Waals surface area contributed by atoms with Crippen LogP contribution in [-0.4, -0.2) is 62.7 Å². The Bertz CT molecular complexity index is 562. The van der Waals surface area contributed by atoms with Crippen LogP contribution in [0.3, 0.4) is 0 Å². The summed E-state index contributed by atoms with van der Waals surface area (Å²) in [6, 6.07) is 7.62. The average Bonchev–Trinajstić information content (AvgIpc) is 2.62. The number of carbonyl (C=O) groups is 2. The van der Waals surface area contributed by atoms with Crippen LogP contribution in [0.5, 0.6) is 0 Å². The summed E-state index contributed by atoms with van der Waals surface area (Å²) in [7, 11) is 0. The van der Waals surface area contributed by atoms with Gasteiger partial charge in [0.1, 0.15) is 0 Å². The minimum absolute atomic E-state index is 0.0219. The molecule has 2 amide bonds. The average molecular weight is 368 g/mol. The summed E-state index contributed by atoms with van der Waals surface area (Å²) in [5.41, 5.74) is 1.04. The van der Waals surface area contributed by atoms with Gasteiger partial charge in [-0.2, -0.15) is 0 Å². The predicted molar refractivity (Wildman–Crippen MR) is 97.7 cm³/mol. The molecule has 0 saturated carbocycles. The van der Waals surface area contributed by atoms with Gasteiger partial charge in [-0.05, 0) is 24.5 Å². The van der Waals surface area contributed by atoms with E-state index in [9.17, 15) is 9.59 Å². The van der Waals surface area contributed by atoms with E-state index in [0.29, 0.717) is 19.4 Å². The summed E-state index contributed by atoms with van der Waals surface area (Å²) in [4.78, 5) is 25.8. The molecule has 0 atom stereocenters. The molecule has 2 N–H and O–H groups in total. The number of hydrogen-bond donors (Lipinski definition) is 2. The van der Waals surface area contributed by atoms with Crippen LogP contribution in [0, 0.1) is 0 Å². The third kappa shape index (κ3) is 7.86. The molecule has 7 heteroatoms. The van der Waals surface area contributed by atoms with Crippen LogP contribution >= 0.6 is 11.6 Å². The van der Waals surface area contributed by atoms with Crippen molar-refractivity contribution in [3.8, 4) is 0 Å². The zero-order chi connectivity index (χ0) is 17.9. The molecule has 1 aliphatic heterocycles. The van der Waals surface area contributed by atoms with E-state index in [1.54, 1.807) is 0 Å². The first-order valence-electron chi connectivity index (χ1n) is 8.72. The normalized spacial score (nSPS) is 14.9. The Morgan fingerprint density at radius 3 is 2.64 bits per heavy atom. The molecule has 6 nitrogen and oxygen atoms in total. The zero-order valence-electron chi connectivity index (χ0n) is 14.4. The summed E-state index contributed by atoms with van der Waals surface area (Å²) in [5, 5.41) is 6.20. The van der Waals surface area contributed by atoms with Crippen LogP contribution in [0.1, 0.15) is 18.4 Å². The monoisotopic (exact) mass is 367 g/mol. The number of carbonyl (C=O) groups excluding carboxylic acids is 2. The van der Waals surface area contributed by atoms with E-state index in [1.807, 2.05) is 24.3 Å². The maximum absolute atomic E-state index is 11.8. The van der Waals surface area contributed by atoms with E-state index in [4.69, 9.17) is 16.3 Å². The summed E-state index contributed by atoms with van der Waals surface area (Å²) >= 11 is 6.08. The highest BCUT2D eigenvalue weighted by Crippen LogP contribution is 2.16. The maximum Gasteiger partial charge on any atom is 0.239 e. The molecule has 1 fully saturated rings. The molecular weight excluding hydrogens is 342 g/mol. The van der Waals surface area contributed by atoms with Crippen LogP contribution in [0.25, 0.3) is 0 Å². The number of nitrogens with one attached hydrogen (secondary N) is 2. The number of ether oxygens (including phenoxy) is 1. The molecule has 0 aliphatic carbocycles. The van der Waals surface area contributed by atoms with Crippen molar-refractivity contribution in [2.75, 3.05) is 45.9 Å². The second kappa shape index (κ2) is 11.1. The number of rotatable bonds is 9. The largest absolute Gasteiger partial charge is 0.379 e. The van der Waals surface area contributed by atoms with Crippen molar-refractivity contribution < 1.29 is 14.3 Å². The Morgan fingerprint density at radius 2 is 1.88 bits per heavy atom. The van der Waals surface area contributed by atoms with Crippen LogP contribution < -0.4 is 10.6 Å². The number of nitrogens with zero attached hydrogens (tertiary/aromatic N) is 1. The Kier molecular flexibility index (Phi) is 8.72. The smallest absolute Gasteiger partial charge is 0.239 e. The minimum atomic E-state index is -0.160. The highest BCUT2D eigenvalue weighted by molar-refractivity contribution is 6.31. The summed E-state index contributed by atoms with van der Waals surface area (Å²) in [6.45, 7) is 4.71. The number of halogens is 1. The molecule has 2 rings (SSSR count). The van der Waals surface area contributed by atoms with Gasteiger partial charge in [-0.3, -0.25) is 14.5 Å². The quantitative estimate of drug-likeness (QED) is 0.688. The first kappa shape index (κ1) is 19.7. The maximum atomic E-state index is 11.8. The Hall–Kier alpha value is -1.63. The van der Waals surface area contributed by atoms with E-state index in [0.717, 1.165) is 49.9 Å². The molecule has 0 bridgehead atoms. The Labute approximate surface area is 153 Å². The third-order valence-electron chi connectivity index (χ3n) is 4.11. The minimum Gasteiger partial charge on any atom is -0.379 e. The van der Waals surface area contributed by atoms with Gasteiger partial charge in [0.25, 0.3) is 0 Å². The first-order valence-corrected chi connectivity index (χ1v) is 9.10. The SMILES string of the molecule is O=C(CCCc1ccccc1Cl)NCC(=O)NCCN1CCOCC1. The molecule has 1 heterocycles. The molecule has 0 radical (unpaired) electrons. The van der Waals surface area contributed by atoms with Gasteiger partial charge >= 0.3 is 0 Å². The van der Waals surface area contributed by atoms with Crippen molar-refractivity contribution in [2.24, 2.45) is 0 Å². The summed E-state index contributed by atoms with van der Waals surface area (Å²) in [6.07, 6.45) is 1.83. The lowest BCUT2D eigenvalue weighted by Gasteiger charge is -2.26. The predicted octanol–water partition coefficient (Wildman–Crippen LogP) is 1.23. The highest BCUT2D eigenvalue weighted by Gasteiger charge is 2.10. The molecule has 1 aromatic carbocycles. The number of hydrogen-bond acceptors (Lipinski definition) is 4. The lowest BCUT2D eigenvalue weighted by Crippen LogP contribution is -2.43. The molecule has 0 aromatic heterocycles. The fourth-order valence-electron chi connectivity index (χ4n) is 2.65. The van der Waals surface area contributed by atoms with E-state index in [2.05, 4.69) is 15.5 Å². The van der Waals surface area contributed by atoms with Crippen molar-refractivity contribution in [1.82, 2.24) is 15.5 Å². The molecule has 0 spiro atoms. The van der Waals surface area contributed by atoms with Crippen molar-refractivity contribution in [1.29, 1.82) is 0 Å². The topological polar surface area (TPSA) is 70.7 Å². The van der Waals surface area contributed by atoms with Crippen molar-refractivity contribution in [2.45, 2.75) is 19.3 Å². The van der Waals surface area contributed by atoms with Gasteiger partial charge in [-0.15, -0.1) is 0 Å². The molecule has 1 saturated heterocycles. The summed E-state index contributed by atoms with van der Waals surface area (Å²) in [5.74, 6) is -0.275. The van der Waals surface area contributed by atoms with Gasteiger partial charge < -0.3 is 15.4 Å². The van der Waals surface area contributed by atoms with Crippen LogP contribution in [0.4, 0.5) is 0 Å². The Balaban J connectivity index is 1.52. The number of aryl methyl sites for hydroxylation is 1. The van der Waals surface area contributed by atoms with Gasteiger partial charge in [0.2, 0.25) is 11.8 Å². The lowest BCUT2D eigenvalue weighted by atomic mass is 10.1. The highest BCUT2D eigenvalue weighted by atomic mass is 35.5. The molecule has 0 unspecified atom stereocenters.